The molecule has 1 heterocycles. The van der Waals surface area contributed by atoms with Gasteiger partial charge in [0.05, 0.1) is 25.3 Å². The van der Waals surface area contributed by atoms with Crippen molar-refractivity contribution < 1.29 is 28.5 Å². The zero-order valence-corrected chi connectivity index (χ0v) is 18.6. The van der Waals surface area contributed by atoms with Crippen LogP contribution in [0.25, 0.3) is 0 Å². The quantitative estimate of drug-likeness (QED) is 0.552. The van der Waals surface area contributed by atoms with E-state index in [1.165, 1.54) is 42.3 Å². The van der Waals surface area contributed by atoms with Crippen molar-refractivity contribution in [1.82, 2.24) is 5.32 Å². The third-order valence-corrected chi connectivity index (χ3v) is 6.87. The number of anilines is 1. The minimum absolute atomic E-state index is 0.0187. The van der Waals surface area contributed by atoms with E-state index in [9.17, 15) is 23.8 Å². The topological polar surface area (TPSA) is 82.0 Å². The average molecular weight is 461 g/mol. The second kappa shape index (κ2) is 9.95. The maximum atomic E-state index is 13.5. The van der Waals surface area contributed by atoms with Gasteiger partial charge in [-0.15, -0.1) is 0 Å². The van der Waals surface area contributed by atoms with E-state index < -0.39 is 30.2 Å². The van der Waals surface area contributed by atoms with Crippen molar-refractivity contribution in [2.75, 3.05) is 12.0 Å². The number of urea groups is 1. The van der Waals surface area contributed by atoms with Crippen LogP contribution in [0.15, 0.2) is 42.5 Å². The predicted octanol–water partition coefficient (Wildman–Crippen LogP) is 4.85. The average Bonchev–Trinajstić information content (AvgIpc) is 3.14. The largest absolute Gasteiger partial charge is 0.507 e. The monoisotopic (exact) mass is 460 g/mol. The molecular formula is C25H30F2N2O4. The number of phenols is 1. The smallest absolute Gasteiger partial charge is 0.322 e. The maximum absolute atomic E-state index is 13.5. The summed E-state index contributed by atoms with van der Waals surface area (Å²) in [7, 11) is 1.50. The summed E-state index contributed by atoms with van der Waals surface area (Å²) < 4.78 is 32.1. The summed E-state index contributed by atoms with van der Waals surface area (Å²) in [5.74, 6) is 0.104. The summed E-state index contributed by atoms with van der Waals surface area (Å²) in [4.78, 5) is 14.5. The summed E-state index contributed by atoms with van der Waals surface area (Å²) >= 11 is 0. The molecule has 0 radical (unpaired) electrons. The Balaban J connectivity index is 1.58. The Labute approximate surface area is 192 Å². The van der Waals surface area contributed by atoms with Crippen LogP contribution >= 0.6 is 0 Å². The van der Waals surface area contributed by atoms with E-state index in [-0.39, 0.29) is 17.7 Å². The Morgan fingerprint density at radius 1 is 1.15 bits per heavy atom. The highest BCUT2D eigenvalue weighted by atomic mass is 19.1. The zero-order chi connectivity index (χ0) is 23.5. The number of carbonyl (C=O) groups is 1. The SMILES string of the molecule is COc1ccc([C@@H]2C(CC[C@H](O)C3CCC(F)CC3)NC(=O)N2c2ccc(F)cc2)c(O)c1. The number of aromatic hydroxyl groups is 1. The molecule has 33 heavy (non-hydrogen) atoms. The highest BCUT2D eigenvalue weighted by Gasteiger charge is 2.42. The van der Waals surface area contributed by atoms with Crippen LogP contribution in [0.3, 0.4) is 0 Å². The summed E-state index contributed by atoms with van der Waals surface area (Å²) in [5.41, 5.74) is 1.02. The number of aliphatic hydroxyl groups is 1. The van der Waals surface area contributed by atoms with Crippen LogP contribution in [0.2, 0.25) is 0 Å². The number of hydrogen-bond donors (Lipinski definition) is 3. The zero-order valence-electron chi connectivity index (χ0n) is 18.6. The first-order chi connectivity index (χ1) is 15.9. The van der Waals surface area contributed by atoms with Gasteiger partial charge in [-0.2, -0.15) is 0 Å². The van der Waals surface area contributed by atoms with Gasteiger partial charge < -0.3 is 20.3 Å². The minimum atomic E-state index is -0.783. The number of alkyl halides is 1. The molecule has 0 aromatic heterocycles. The van der Waals surface area contributed by atoms with E-state index in [2.05, 4.69) is 5.32 Å². The molecule has 1 saturated carbocycles. The molecule has 2 amide bonds. The highest BCUT2D eigenvalue weighted by Crippen LogP contribution is 2.41. The molecule has 2 aromatic carbocycles. The molecule has 1 aliphatic heterocycles. The fourth-order valence-corrected chi connectivity index (χ4v) is 5.03. The van der Waals surface area contributed by atoms with Crippen LogP contribution in [-0.4, -0.2) is 41.7 Å². The second-order valence-corrected chi connectivity index (χ2v) is 8.93. The van der Waals surface area contributed by atoms with Gasteiger partial charge in [0, 0.05) is 17.3 Å². The van der Waals surface area contributed by atoms with E-state index in [1.807, 2.05) is 0 Å². The molecule has 3 N–H and O–H groups in total. The first-order valence-corrected chi connectivity index (χ1v) is 11.4. The van der Waals surface area contributed by atoms with Crippen LogP contribution in [-0.2, 0) is 0 Å². The summed E-state index contributed by atoms with van der Waals surface area (Å²) in [6.45, 7) is 0. The fourth-order valence-electron chi connectivity index (χ4n) is 5.03. The lowest BCUT2D eigenvalue weighted by molar-refractivity contribution is 0.0568. The van der Waals surface area contributed by atoms with Gasteiger partial charge in [0.1, 0.15) is 23.5 Å². The molecule has 6 nitrogen and oxygen atoms in total. The van der Waals surface area contributed by atoms with E-state index in [0.717, 1.165) is 0 Å². The third-order valence-electron chi connectivity index (χ3n) is 6.87. The number of halogens is 2. The normalized spacial score (nSPS) is 26.2. The molecule has 1 saturated heterocycles. The maximum Gasteiger partial charge on any atom is 0.322 e. The van der Waals surface area contributed by atoms with Crippen molar-refractivity contribution in [3.63, 3.8) is 0 Å². The van der Waals surface area contributed by atoms with Crippen LogP contribution in [0, 0.1) is 11.7 Å². The first kappa shape index (κ1) is 23.3. The molecule has 2 aliphatic rings. The number of methoxy groups -OCH3 is 1. The predicted molar refractivity (Wildman–Crippen MR) is 121 cm³/mol. The van der Waals surface area contributed by atoms with Crippen molar-refractivity contribution in [2.45, 2.75) is 62.9 Å². The lowest BCUT2D eigenvalue weighted by Gasteiger charge is -2.30. The fraction of sp³-hybridized carbons (Fsp3) is 0.480. The van der Waals surface area contributed by atoms with Gasteiger partial charge in [-0.25, -0.2) is 13.6 Å². The first-order valence-electron chi connectivity index (χ1n) is 11.4. The molecule has 3 atom stereocenters. The molecule has 2 aromatic rings. The van der Waals surface area contributed by atoms with Crippen LogP contribution in [0.4, 0.5) is 19.3 Å². The molecule has 0 bridgehead atoms. The molecule has 4 rings (SSSR count). The summed E-state index contributed by atoms with van der Waals surface area (Å²) in [6.07, 6.45) is 1.81. The van der Waals surface area contributed by atoms with Crippen LogP contribution in [0.1, 0.15) is 50.1 Å². The number of amides is 2. The van der Waals surface area contributed by atoms with Crippen LogP contribution in [0.5, 0.6) is 11.5 Å². The van der Waals surface area contributed by atoms with E-state index in [4.69, 9.17) is 4.74 Å². The summed E-state index contributed by atoms with van der Waals surface area (Å²) in [5, 5.41) is 24.4. The molecule has 178 valence electrons. The Kier molecular flexibility index (Phi) is 7.02. The van der Waals surface area contributed by atoms with Gasteiger partial charge in [0.15, 0.2) is 0 Å². The second-order valence-electron chi connectivity index (χ2n) is 8.93. The Morgan fingerprint density at radius 3 is 2.48 bits per heavy atom. The Bertz CT molecular complexity index is 963. The Morgan fingerprint density at radius 2 is 1.85 bits per heavy atom. The van der Waals surface area contributed by atoms with Gasteiger partial charge in [0.2, 0.25) is 0 Å². The van der Waals surface area contributed by atoms with Crippen molar-refractivity contribution in [1.29, 1.82) is 0 Å². The number of nitrogens with one attached hydrogen (secondary N) is 1. The number of rotatable bonds is 7. The lowest BCUT2D eigenvalue weighted by Crippen LogP contribution is -2.32. The van der Waals surface area contributed by atoms with Gasteiger partial charge in [-0.1, -0.05) is 0 Å². The molecule has 0 spiro atoms. The standard InChI is InChI=1S/C25H30F2N2O4/c1-33-19-10-11-20(23(31)14-19)24-21(12-13-22(30)15-2-4-16(26)5-3-15)28-25(32)29(24)18-8-6-17(27)7-9-18/h6-11,14-16,21-22,24,30-31H,2-5,12-13H2,1H3,(H,28,32)/t15?,16?,21?,22-,24+/m0/s1. The van der Waals surface area contributed by atoms with Crippen molar-refractivity contribution in [3.05, 3.63) is 53.8 Å². The molecule has 1 aliphatic carbocycles. The van der Waals surface area contributed by atoms with Gasteiger partial charge >= 0.3 is 6.03 Å². The van der Waals surface area contributed by atoms with Crippen molar-refractivity contribution in [2.24, 2.45) is 5.92 Å². The number of aliphatic hydroxyl groups excluding tert-OH is 1. The number of hydrogen-bond acceptors (Lipinski definition) is 4. The molecule has 1 unspecified atom stereocenters. The number of ether oxygens (including phenoxy) is 1. The number of nitrogens with zero attached hydrogens (tertiary/aromatic N) is 1. The minimum Gasteiger partial charge on any atom is -0.507 e. The van der Waals surface area contributed by atoms with E-state index >= 15 is 0 Å². The van der Waals surface area contributed by atoms with Crippen molar-refractivity contribution in [3.8, 4) is 11.5 Å². The van der Waals surface area contributed by atoms with Crippen LogP contribution < -0.4 is 15.0 Å². The number of benzene rings is 2. The lowest BCUT2D eigenvalue weighted by atomic mass is 9.82. The van der Waals surface area contributed by atoms with Crippen molar-refractivity contribution >= 4 is 11.7 Å². The molecular weight excluding hydrogens is 430 g/mol. The number of phenolic OH excluding ortho intramolecular Hbond substituents is 1. The third kappa shape index (κ3) is 5.05. The van der Waals surface area contributed by atoms with E-state index in [1.54, 1.807) is 12.1 Å². The van der Waals surface area contributed by atoms with Gasteiger partial charge in [-0.3, -0.25) is 4.90 Å². The van der Waals surface area contributed by atoms with Gasteiger partial charge in [-0.05, 0) is 80.8 Å². The molecule has 8 heteroatoms. The summed E-state index contributed by atoms with van der Waals surface area (Å²) in [6, 6.07) is 9.20. The van der Waals surface area contributed by atoms with E-state index in [0.29, 0.717) is 55.5 Å². The van der Waals surface area contributed by atoms with Gasteiger partial charge in [0.25, 0.3) is 0 Å². The molecule has 2 fully saturated rings. The Hall–Kier alpha value is -2.87. The highest BCUT2D eigenvalue weighted by molar-refractivity contribution is 5.96. The number of carbonyl (C=O) groups excluding carboxylic acids is 1.